The van der Waals surface area contributed by atoms with E-state index in [9.17, 15) is 0 Å². The van der Waals surface area contributed by atoms with Crippen LogP contribution in [0.4, 0.5) is 0 Å². The van der Waals surface area contributed by atoms with Crippen LogP contribution in [0, 0.1) is 6.92 Å². The number of rotatable bonds is 4. The quantitative estimate of drug-likeness (QED) is 0.423. The summed E-state index contributed by atoms with van der Waals surface area (Å²) in [6, 6.07) is 13.9. The lowest BCUT2D eigenvalue weighted by Crippen LogP contribution is -2.09. The molecule has 4 rings (SSSR count). The summed E-state index contributed by atoms with van der Waals surface area (Å²) in [5.74, 6) is 1.57. The standard InChI is InChI=1S/C21H20N4O.C2H6/c1-4-7-16(22-3)13-25-14(2)23-18-12-15(10-11-19(18)25)21-24-17-8-5-6-9-20(17)26-21;1-2/h4-12H,13H2,1-3H3;1-2H3/b7-4-,22-16?;. The van der Waals surface area contributed by atoms with Crippen LogP contribution in [0.5, 0.6) is 0 Å². The molecule has 0 unspecified atom stereocenters. The number of hydrogen-bond donors (Lipinski definition) is 0. The Bertz CT molecular complexity index is 1120. The van der Waals surface area contributed by atoms with Gasteiger partial charge in [-0.2, -0.15) is 0 Å². The first-order valence-electron chi connectivity index (χ1n) is 9.61. The molecule has 0 N–H and O–H groups in total. The van der Waals surface area contributed by atoms with Crippen LogP contribution in [-0.2, 0) is 6.54 Å². The Kier molecular flexibility index (Phi) is 6.04. The molecule has 0 amide bonds. The summed E-state index contributed by atoms with van der Waals surface area (Å²) in [5.41, 5.74) is 5.60. The lowest BCUT2D eigenvalue weighted by molar-refractivity contribution is 0.620. The molecule has 0 saturated carbocycles. The first-order valence-corrected chi connectivity index (χ1v) is 9.61. The molecule has 0 bridgehead atoms. The molecular weight excluding hydrogens is 348 g/mol. The lowest BCUT2D eigenvalue weighted by Gasteiger charge is -2.07. The van der Waals surface area contributed by atoms with Crippen molar-refractivity contribution in [3.63, 3.8) is 0 Å². The Labute approximate surface area is 165 Å². The second-order valence-corrected chi connectivity index (χ2v) is 6.15. The van der Waals surface area contributed by atoms with Crippen LogP contribution >= 0.6 is 0 Å². The molecule has 144 valence electrons. The lowest BCUT2D eigenvalue weighted by atomic mass is 10.2. The van der Waals surface area contributed by atoms with Crippen molar-refractivity contribution in [1.82, 2.24) is 14.5 Å². The average molecular weight is 374 g/mol. The number of para-hydroxylation sites is 2. The van der Waals surface area contributed by atoms with Crippen molar-refractivity contribution in [2.24, 2.45) is 4.99 Å². The monoisotopic (exact) mass is 374 g/mol. The predicted octanol–water partition coefficient (Wildman–Crippen LogP) is 5.83. The van der Waals surface area contributed by atoms with E-state index in [1.54, 1.807) is 0 Å². The minimum atomic E-state index is 0.616. The van der Waals surface area contributed by atoms with Gasteiger partial charge >= 0.3 is 0 Å². The van der Waals surface area contributed by atoms with Crippen molar-refractivity contribution < 1.29 is 4.42 Å². The Balaban J connectivity index is 0.00000109. The maximum absolute atomic E-state index is 5.88. The van der Waals surface area contributed by atoms with Gasteiger partial charge in [0.1, 0.15) is 11.3 Å². The third-order valence-electron chi connectivity index (χ3n) is 4.45. The van der Waals surface area contributed by atoms with Crippen LogP contribution < -0.4 is 0 Å². The topological polar surface area (TPSA) is 56.2 Å². The van der Waals surface area contributed by atoms with E-state index in [4.69, 9.17) is 9.40 Å². The molecule has 0 saturated heterocycles. The Morgan fingerprint density at radius 2 is 1.89 bits per heavy atom. The number of aliphatic imine (C=N–C) groups is 1. The van der Waals surface area contributed by atoms with E-state index in [0.29, 0.717) is 12.4 Å². The largest absolute Gasteiger partial charge is 0.436 e. The highest BCUT2D eigenvalue weighted by Gasteiger charge is 2.13. The summed E-state index contributed by atoms with van der Waals surface area (Å²) in [5, 5.41) is 0. The van der Waals surface area contributed by atoms with Gasteiger partial charge in [0.25, 0.3) is 0 Å². The molecule has 0 radical (unpaired) electrons. The second kappa shape index (κ2) is 8.65. The number of oxazole rings is 1. The van der Waals surface area contributed by atoms with Gasteiger partial charge in [0.05, 0.1) is 23.3 Å². The minimum absolute atomic E-state index is 0.616. The highest BCUT2D eigenvalue weighted by Crippen LogP contribution is 2.27. The van der Waals surface area contributed by atoms with E-state index < -0.39 is 0 Å². The van der Waals surface area contributed by atoms with E-state index >= 15 is 0 Å². The number of hydrogen-bond acceptors (Lipinski definition) is 4. The molecule has 0 aliphatic heterocycles. The molecule has 2 heterocycles. The number of aromatic nitrogens is 3. The summed E-state index contributed by atoms with van der Waals surface area (Å²) < 4.78 is 8.05. The van der Waals surface area contributed by atoms with Crippen molar-refractivity contribution in [2.45, 2.75) is 34.2 Å². The van der Waals surface area contributed by atoms with Gasteiger partial charge in [-0.25, -0.2) is 9.97 Å². The van der Waals surface area contributed by atoms with Crippen molar-refractivity contribution >= 4 is 27.8 Å². The van der Waals surface area contributed by atoms with Gasteiger partial charge in [-0.3, -0.25) is 4.99 Å². The molecule has 0 spiro atoms. The Hall–Kier alpha value is -3.21. The smallest absolute Gasteiger partial charge is 0.227 e. The summed E-state index contributed by atoms with van der Waals surface area (Å²) in [6.07, 6.45) is 4.03. The van der Waals surface area contributed by atoms with E-state index in [2.05, 4.69) is 20.6 Å². The first kappa shape index (κ1) is 19.5. The zero-order valence-electron chi connectivity index (χ0n) is 17.1. The third kappa shape index (κ3) is 3.74. The minimum Gasteiger partial charge on any atom is -0.436 e. The highest BCUT2D eigenvalue weighted by atomic mass is 16.3. The fourth-order valence-electron chi connectivity index (χ4n) is 3.13. The van der Waals surface area contributed by atoms with Gasteiger partial charge in [-0.15, -0.1) is 0 Å². The van der Waals surface area contributed by atoms with Gasteiger partial charge < -0.3 is 8.98 Å². The van der Waals surface area contributed by atoms with Crippen LogP contribution in [0.2, 0.25) is 0 Å². The van der Waals surface area contributed by atoms with Crippen molar-refractivity contribution in [3.05, 3.63) is 60.4 Å². The number of fused-ring (bicyclic) bond motifs is 2. The molecule has 2 aromatic heterocycles. The van der Waals surface area contributed by atoms with E-state index in [0.717, 1.165) is 39.2 Å². The maximum Gasteiger partial charge on any atom is 0.227 e. The van der Waals surface area contributed by atoms with E-state index in [1.807, 2.05) is 83.3 Å². The normalized spacial score (nSPS) is 12.0. The average Bonchev–Trinajstić information content (AvgIpc) is 3.29. The molecule has 0 fully saturated rings. The van der Waals surface area contributed by atoms with Gasteiger partial charge in [0, 0.05) is 12.6 Å². The second-order valence-electron chi connectivity index (χ2n) is 6.15. The molecule has 5 heteroatoms. The number of aryl methyl sites for hydroxylation is 1. The van der Waals surface area contributed by atoms with Gasteiger partial charge in [0.2, 0.25) is 5.89 Å². The zero-order valence-corrected chi connectivity index (χ0v) is 17.1. The summed E-state index contributed by atoms with van der Waals surface area (Å²) in [4.78, 5) is 13.6. The Morgan fingerprint density at radius 3 is 2.61 bits per heavy atom. The van der Waals surface area contributed by atoms with Crippen molar-refractivity contribution in [1.29, 1.82) is 0 Å². The number of nitrogens with zero attached hydrogens (tertiary/aromatic N) is 4. The van der Waals surface area contributed by atoms with Crippen LogP contribution in [-0.4, -0.2) is 27.3 Å². The van der Waals surface area contributed by atoms with E-state index in [-0.39, 0.29) is 0 Å². The molecule has 0 atom stereocenters. The van der Waals surface area contributed by atoms with Gasteiger partial charge in [0.15, 0.2) is 5.58 Å². The fourth-order valence-corrected chi connectivity index (χ4v) is 3.13. The van der Waals surface area contributed by atoms with Crippen molar-refractivity contribution in [2.75, 3.05) is 7.05 Å². The van der Waals surface area contributed by atoms with Crippen molar-refractivity contribution in [3.8, 4) is 11.5 Å². The first-order chi connectivity index (χ1) is 13.7. The van der Waals surface area contributed by atoms with Crippen LogP contribution in [0.25, 0.3) is 33.6 Å². The molecule has 2 aromatic carbocycles. The third-order valence-corrected chi connectivity index (χ3v) is 4.45. The fraction of sp³-hybridized carbons (Fsp3) is 0.261. The number of imidazole rings is 1. The number of allylic oxidation sites excluding steroid dienone is 2. The predicted molar refractivity (Wildman–Crippen MR) is 117 cm³/mol. The molecule has 0 aliphatic carbocycles. The SMILES string of the molecule is C/C=C\C(Cn1c(C)nc2cc(-c3nc4ccccc4o3)ccc21)=NC.CC. The van der Waals surface area contributed by atoms with Crippen LogP contribution in [0.1, 0.15) is 26.6 Å². The Morgan fingerprint density at radius 1 is 1.11 bits per heavy atom. The molecule has 4 aromatic rings. The van der Waals surface area contributed by atoms with Crippen LogP contribution in [0.15, 0.2) is 64.0 Å². The summed E-state index contributed by atoms with van der Waals surface area (Å²) in [7, 11) is 1.81. The van der Waals surface area contributed by atoms with Gasteiger partial charge in [-0.05, 0) is 50.3 Å². The molecule has 0 aliphatic rings. The summed E-state index contributed by atoms with van der Waals surface area (Å²) in [6.45, 7) is 8.71. The van der Waals surface area contributed by atoms with E-state index in [1.165, 1.54) is 0 Å². The van der Waals surface area contributed by atoms with Crippen LogP contribution in [0.3, 0.4) is 0 Å². The molecular formula is C23H26N4O. The molecule has 28 heavy (non-hydrogen) atoms. The maximum atomic E-state index is 5.88. The summed E-state index contributed by atoms with van der Waals surface area (Å²) >= 11 is 0. The highest BCUT2D eigenvalue weighted by molar-refractivity contribution is 5.95. The zero-order chi connectivity index (χ0) is 20.1. The molecule has 5 nitrogen and oxygen atoms in total. The van der Waals surface area contributed by atoms with Gasteiger partial charge in [-0.1, -0.05) is 32.1 Å². The number of benzene rings is 2.